The molecule has 3 aromatic carbocycles. The first kappa shape index (κ1) is 67.3. The number of amides is 3. The topological polar surface area (TPSA) is 317 Å². The summed E-state index contributed by atoms with van der Waals surface area (Å²) < 4.78 is 67.4. The van der Waals surface area contributed by atoms with Gasteiger partial charge in [0, 0.05) is 101 Å². The van der Waals surface area contributed by atoms with Crippen LogP contribution in [0.4, 0.5) is 57.3 Å². The number of hydrogen-bond acceptors (Lipinski definition) is 20. The molecular formula is C68H83N17O8S3. The van der Waals surface area contributed by atoms with Gasteiger partial charge in [-0.2, -0.15) is 0 Å². The fourth-order valence-electron chi connectivity index (χ4n) is 11.8. The molecule has 3 aliphatic heterocycles. The number of anilines is 9. The summed E-state index contributed by atoms with van der Waals surface area (Å²) in [6.07, 6.45) is 16.7. The molecule has 506 valence electrons. The summed E-state index contributed by atoms with van der Waals surface area (Å²) in [6, 6.07) is 27.6. The summed E-state index contributed by atoms with van der Waals surface area (Å²) in [6.45, 7) is 7.23. The number of imidazole rings is 2. The van der Waals surface area contributed by atoms with Crippen LogP contribution in [0.5, 0.6) is 0 Å². The zero-order valence-corrected chi connectivity index (χ0v) is 58.0. The van der Waals surface area contributed by atoms with Gasteiger partial charge in [-0.25, -0.2) is 50.6 Å². The lowest BCUT2D eigenvalue weighted by Gasteiger charge is -2.25. The molecule has 0 spiro atoms. The van der Waals surface area contributed by atoms with E-state index >= 15 is 0 Å². The number of aliphatic imine (C=N–C) groups is 1. The molecule has 5 aromatic heterocycles. The van der Waals surface area contributed by atoms with Crippen LogP contribution in [0, 0.1) is 31.6 Å². The van der Waals surface area contributed by atoms with E-state index in [0.29, 0.717) is 103 Å². The van der Waals surface area contributed by atoms with Crippen LogP contribution < -0.4 is 31.9 Å². The molecule has 3 aliphatic carbocycles. The van der Waals surface area contributed by atoms with Crippen LogP contribution in [0.25, 0.3) is 22.3 Å². The van der Waals surface area contributed by atoms with Crippen molar-refractivity contribution in [2.75, 3.05) is 85.0 Å². The smallest absolute Gasteiger partial charge is 0.228 e. The molecule has 96 heavy (non-hydrogen) atoms. The number of carbonyl (C=O) groups excluding carboxylic acids is 3. The highest BCUT2D eigenvalue weighted by Crippen LogP contribution is 2.42. The Kier molecular flexibility index (Phi) is 19.7. The fourth-order valence-corrected chi connectivity index (χ4v) is 15.0. The Balaban J connectivity index is 0.000000138. The van der Waals surface area contributed by atoms with Crippen LogP contribution in [-0.4, -0.2) is 123 Å². The number of aryl methyl sites for hydroxylation is 2. The van der Waals surface area contributed by atoms with E-state index < -0.39 is 29.2 Å². The number of carbonyl (C=O) groups is 3. The second-order valence-corrected chi connectivity index (χ2v) is 32.4. The molecule has 5 fully saturated rings. The van der Waals surface area contributed by atoms with Crippen molar-refractivity contribution in [1.82, 2.24) is 34.1 Å². The van der Waals surface area contributed by atoms with Gasteiger partial charge in [0.2, 0.25) is 17.7 Å². The highest BCUT2D eigenvalue weighted by atomic mass is 32.2. The van der Waals surface area contributed by atoms with E-state index in [9.17, 15) is 27.0 Å². The van der Waals surface area contributed by atoms with Gasteiger partial charge in [-0.3, -0.25) is 28.5 Å². The lowest BCUT2D eigenvalue weighted by Crippen LogP contribution is -2.20. The summed E-state index contributed by atoms with van der Waals surface area (Å²) >= 11 is 0. The summed E-state index contributed by atoms with van der Waals surface area (Å²) in [5.74, 6) is 3.19. The van der Waals surface area contributed by atoms with E-state index in [1.807, 2.05) is 103 Å². The normalized spacial score (nSPS) is 19.2. The number of aromatic nitrogens is 7. The van der Waals surface area contributed by atoms with E-state index in [-0.39, 0.29) is 47.9 Å². The van der Waals surface area contributed by atoms with Gasteiger partial charge in [0.25, 0.3) is 0 Å². The third-order valence-corrected chi connectivity index (χ3v) is 23.3. The van der Waals surface area contributed by atoms with Gasteiger partial charge < -0.3 is 41.4 Å². The molecule has 6 N–H and O–H groups in total. The first-order valence-corrected chi connectivity index (χ1v) is 38.3. The van der Waals surface area contributed by atoms with Gasteiger partial charge in [-0.1, -0.05) is 36.4 Å². The first-order valence-electron chi connectivity index (χ1n) is 32.5. The maximum Gasteiger partial charge on any atom is 0.228 e. The van der Waals surface area contributed by atoms with Crippen molar-refractivity contribution in [3.63, 3.8) is 0 Å². The lowest BCUT2D eigenvalue weighted by molar-refractivity contribution is -0.118. The SMILES string of the molecule is CN=S(C)(=O)c1ccccc1Nc1cc(NC(=O)C2CC2)nc2c1N=C(C)C2.CN=S(C)(=O)c1ccccc1Nc1cc(NC(=O)C2CC2)nc2c1nc(C)n2C1CCCCO1.CN=S(C)(=O)c1ccccc1Nc1cc(NC(=O)C2CC2)nc2c1nc(C)n2C1CCCCO1. The molecule has 2 saturated heterocycles. The predicted octanol–water partition coefficient (Wildman–Crippen LogP) is 13.1. The Morgan fingerprint density at radius 1 is 0.469 bits per heavy atom. The first-order chi connectivity index (χ1) is 46.1. The van der Waals surface area contributed by atoms with Crippen LogP contribution in [0.1, 0.15) is 114 Å². The Morgan fingerprint density at radius 2 is 0.823 bits per heavy atom. The number of rotatable bonds is 17. The van der Waals surface area contributed by atoms with Crippen molar-refractivity contribution in [3.05, 3.63) is 108 Å². The van der Waals surface area contributed by atoms with Crippen LogP contribution in [-0.2, 0) is 59.5 Å². The van der Waals surface area contributed by atoms with E-state index in [0.717, 1.165) is 111 Å². The number of benzene rings is 3. The van der Waals surface area contributed by atoms with Crippen molar-refractivity contribution in [2.45, 2.75) is 131 Å². The number of pyridine rings is 3. The van der Waals surface area contributed by atoms with Gasteiger partial charge in [-0.05, 0) is 134 Å². The zero-order chi connectivity index (χ0) is 67.6. The number of para-hydroxylation sites is 3. The van der Waals surface area contributed by atoms with Gasteiger partial charge in [-0.15, -0.1) is 0 Å². The average Bonchev–Trinajstić information content (AvgIpc) is 1.79. The van der Waals surface area contributed by atoms with E-state index in [1.165, 1.54) is 0 Å². The largest absolute Gasteiger partial charge is 0.358 e. The fraction of sp³-hybridized carbons (Fsp3) is 0.426. The Morgan fingerprint density at radius 3 is 1.18 bits per heavy atom. The maximum atomic E-state index is 13.1. The van der Waals surface area contributed by atoms with E-state index in [2.05, 4.69) is 55.0 Å². The van der Waals surface area contributed by atoms with E-state index in [4.69, 9.17) is 29.4 Å². The molecule has 0 radical (unpaired) electrons. The molecular weight excluding hydrogens is 1280 g/mol. The van der Waals surface area contributed by atoms with Gasteiger partial charge in [0.15, 0.2) is 11.3 Å². The van der Waals surface area contributed by atoms with Crippen LogP contribution >= 0.6 is 0 Å². The Labute approximate surface area is 560 Å². The van der Waals surface area contributed by atoms with Crippen LogP contribution in [0.15, 0.2) is 124 Å². The second-order valence-electron chi connectivity index (χ2n) is 25.1. The summed E-state index contributed by atoms with van der Waals surface area (Å²) in [7, 11) is -2.98. The molecule has 5 atom stereocenters. The molecule has 3 amide bonds. The summed E-state index contributed by atoms with van der Waals surface area (Å²) in [4.78, 5) is 67.5. The molecule has 25 nitrogen and oxygen atoms in total. The second kappa shape index (κ2) is 28.2. The van der Waals surface area contributed by atoms with Crippen LogP contribution in [0.2, 0.25) is 0 Å². The monoisotopic (exact) mass is 1360 g/mol. The molecule has 3 saturated carbocycles. The molecule has 5 unspecified atom stereocenters. The molecule has 8 aromatic rings. The van der Waals surface area contributed by atoms with Crippen molar-refractivity contribution < 1.29 is 36.5 Å². The average molecular weight is 1360 g/mol. The standard InChI is InChI=1S/2C24H30N6O3S.C20H23N5O2S/c2*1-15-26-22-18(27-17-8-4-5-9-19(17)34(3,32)25-2)14-20(29-24(31)16-11-12-16)28-23(22)30(15)21-10-6-7-13-33-21;1-12-10-15-19(22-12)16(11-18(24-15)25-20(26)13-8-9-13)23-14-6-4-5-7-17(14)28(3,27)21-2/h2*4-5,8-9,14,16,21H,6-7,10-13H2,1-3H3,(H2,27,28,29,31);4-7,11,13H,8-10H2,1-3H3,(H2,23,24,25,26). The summed E-state index contributed by atoms with van der Waals surface area (Å²) in [5, 5.41) is 19.0. The number of nitrogens with zero attached hydrogens (tertiary/aromatic N) is 11. The minimum Gasteiger partial charge on any atom is -0.358 e. The van der Waals surface area contributed by atoms with Crippen LogP contribution in [0.3, 0.4) is 0 Å². The molecule has 14 rings (SSSR count). The molecule has 0 bridgehead atoms. The third kappa shape index (κ3) is 15.1. The van der Waals surface area contributed by atoms with Crippen molar-refractivity contribution >= 4 is 132 Å². The quantitative estimate of drug-likeness (QED) is 0.0493. The minimum absolute atomic E-state index is 0.01000. The van der Waals surface area contributed by atoms with Gasteiger partial charge in [0.05, 0.1) is 83.7 Å². The number of fused-ring (bicyclic) bond motifs is 3. The molecule has 28 heteroatoms. The summed E-state index contributed by atoms with van der Waals surface area (Å²) in [5.41, 5.74) is 9.31. The Hall–Kier alpha value is -8.70. The van der Waals surface area contributed by atoms with Crippen molar-refractivity contribution in [2.24, 2.45) is 35.8 Å². The number of hydrogen-bond donors (Lipinski definition) is 6. The number of ether oxygens (including phenoxy) is 2. The van der Waals surface area contributed by atoms with Gasteiger partial charge >= 0.3 is 0 Å². The lowest BCUT2D eigenvalue weighted by atomic mass is 10.2. The maximum absolute atomic E-state index is 13.1. The number of nitrogens with one attached hydrogen (secondary N) is 6. The predicted molar refractivity (Wildman–Crippen MR) is 378 cm³/mol. The van der Waals surface area contributed by atoms with Gasteiger partial charge in [0.1, 0.15) is 58.3 Å². The Bertz CT molecular complexity index is 4570. The van der Waals surface area contributed by atoms with Crippen molar-refractivity contribution in [1.29, 1.82) is 0 Å². The minimum atomic E-state index is -2.57. The highest BCUT2D eigenvalue weighted by molar-refractivity contribution is 7.93. The molecule has 6 aliphatic rings. The highest BCUT2D eigenvalue weighted by Gasteiger charge is 2.34. The van der Waals surface area contributed by atoms with E-state index in [1.54, 1.807) is 58.1 Å². The molecule has 8 heterocycles. The van der Waals surface area contributed by atoms with Crippen molar-refractivity contribution in [3.8, 4) is 0 Å². The zero-order valence-electron chi connectivity index (χ0n) is 55.6. The third-order valence-electron chi connectivity index (χ3n) is 17.7.